The van der Waals surface area contributed by atoms with Gasteiger partial charge < -0.3 is 29.2 Å². The predicted molar refractivity (Wildman–Crippen MR) is 106 cm³/mol. The molecule has 0 saturated heterocycles. The Morgan fingerprint density at radius 1 is 0.964 bits per heavy atom. The average molecular weight is 386 g/mol. The van der Waals surface area contributed by atoms with Gasteiger partial charge in [0.2, 0.25) is 0 Å². The minimum Gasteiger partial charge on any atom is -0.493 e. The topological polar surface area (TPSA) is 69.3 Å². The van der Waals surface area contributed by atoms with Crippen molar-refractivity contribution in [2.24, 2.45) is 0 Å². The van der Waals surface area contributed by atoms with Gasteiger partial charge in [0.1, 0.15) is 6.61 Å². The number of carbonyl (C=O) groups is 1. The van der Waals surface area contributed by atoms with E-state index in [4.69, 9.17) is 18.9 Å². The molecule has 0 aliphatic carbocycles. The van der Waals surface area contributed by atoms with Gasteiger partial charge in [0.05, 0.1) is 27.9 Å². The van der Waals surface area contributed by atoms with E-state index < -0.39 is 0 Å². The number of hydrogen-bond acceptors (Lipinski definition) is 5. The SMILES string of the molecule is COc1cc2c(cc1OC)CN(C(=O)NCCOc1ccccc1OC)CC2. The molecule has 1 heterocycles. The Hall–Kier alpha value is -3.09. The molecule has 0 radical (unpaired) electrons. The molecule has 0 spiro atoms. The van der Waals surface area contributed by atoms with Crippen molar-refractivity contribution in [2.45, 2.75) is 13.0 Å². The number of ether oxygens (including phenoxy) is 4. The van der Waals surface area contributed by atoms with Crippen molar-refractivity contribution in [3.8, 4) is 23.0 Å². The van der Waals surface area contributed by atoms with Crippen molar-refractivity contribution in [2.75, 3.05) is 41.0 Å². The normalized spacial score (nSPS) is 12.8. The van der Waals surface area contributed by atoms with Crippen LogP contribution in [-0.2, 0) is 13.0 Å². The Balaban J connectivity index is 1.52. The van der Waals surface area contributed by atoms with Gasteiger partial charge in [0.25, 0.3) is 0 Å². The first kappa shape index (κ1) is 19.7. The second-order valence-electron chi connectivity index (χ2n) is 6.38. The van der Waals surface area contributed by atoms with Crippen molar-refractivity contribution in [1.29, 1.82) is 0 Å². The van der Waals surface area contributed by atoms with Crippen LogP contribution in [0.4, 0.5) is 4.79 Å². The molecule has 7 heteroatoms. The summed E-state index contributed by atoms with van der Waals surface area (Å²) in [5.41, 5.74) is 2.26. The molecule has 0 atom stereocenters. The zero-order chi connectivity index (χ0) is 19.9. The molecular formula is C21H26N2O5. The fraction of sp³-hybridized carbons (Fsp3) is 0.381. The predicted octanol–water partition coefficient (Wildman–Crippen LogP) is 2.86. The van der Waals surface area contributed by atoms with Crippen molar-refractivity contribution in [3.05, 3.63) is 47.5 Å². The standard InChI is InChI=1S/C21H26N2O5/c1-25-17-6-4-5-7-18(17)28-11-9-22-21(24)23-10-8-15-12-19(26-2)20(27-3)13-16(15)14-23/h4-7,12-13H,8-11,14H2,1-3H3,(H,22,24). The van der Waals surface area contributed by atoms with Gasteiger partial charge in [-0.05, 0) is 41.8 Å². The Morgan fingerprint density at radius 2 is 1.61 bits per heavy atom. The Labute approximate surface area is 165 Å². The molecule has 1 aliphatic rings. The van der Waals surface area contributed by atoms with Crippen LogP contribution in [0.3, 0.4) is 0 Å². The molecule has 1 aliphatic heterocycles. The van der Waals surface area contributed by atoms with Gasteiger partial charge in [-0.15, -0.1) is 0 Å². The third kappa shape index (κ3) is 4.42. The number of fused-ring (bicyclic) bond motifs is 1. The van der Waals surface area contributed by atoms with Gasteiger partial charge in [0.15, 0.2) is 23.0 Å². The molecule has 3 rings (SSSR count). The van der Waals surface area contributed by atoms with Crippen LogP contribution in [0.15, 0.2) is 36.4 Å². The lowest BCUT2D eigenvalue weighted by Gasteiger charge is -2.29. The molecule has 0 bridgehead atoms. The molecule has 1 N–H and O–H groups in total. The molecule has 2 aromatic rings. The second-order valence-corrected chi connectivity index (χ2v) is 6.38. The first-order chi connectivity index (χ1) is 13.7. The number of rotatable bonds is 7. The van der Waals surface area contributed by atoms with Crippen LogP contribution in [0.5, 0.6) is 23.0 Å². The van der Waals surface area contributed by atoms with Gasteiger partial charge in [0, 0.05) is 13.1 Å². The Bertz CT molecular complexity index is 824. The lowest BCUT2D eigenvalue weighted by molar-refractivity contribution is 0.189. The number of hydrogen-bond donors (Lipinski definition) is 1. The van der Waals surface area contributed by atoms with E-state index in [0.717, 1.165) is 12.0 Å². The minimum absolute atomic E-state index is 0.107. The maximum atomic E-state index is 12.5. The molecule has 2 aromatic carbocycles. The van der Waals surface area contributed by atoms with Crippen LogP contribution >= 0.6 is 0 Å². The fourth-order valence-corrected chi connectivity index (χ4v) is 3.23. The van der Waals surface area contributed by atoms with Crippen LogP contribution in [0.2, 0.25) is 0 Å². The number of urea groups is 1. The summed E-state index contributed by atoms with van der Waals surface area (Å²) in [4.78, 5) is 14.3. The lowest BCUT2D eigenvalue weighted by atomic mass is 9.99. The molecule has 0 saturated carbocycles. The third-order valence-corrected chi connectivity index (χ3v) is 4.71. The van der Waals surface area contributed by atoms with Gasteiger partial charge in [-0.25, -0.2) is 4.79 Å². The average Bonchev–Trinajstić information content (AvgIpc) is 2.75. The number of nitrogens with zero attached hydrogens (tertiary/aromatic N) is 1. The zero-order valence-corrected chi connectivity index (χ0v) is 16.5. The third-order valence-electron chi connectivity index (χ3n) is 4.71. The van der Waals surface area contributed by atoms with Crippen LogP contribution in [0.25, 0.3) is 0 Å². The largest absolute Gasteiger partial charge is 0.493 e. The maximum Gasteiger partial charge on any atom is 0.317 e. The summed E-state index contributed by atoms with van der Waals surface area (Å²) in [5.74, 6) is 2.72. The van der Waals surface area contributed by atoms with Crippen molar-refractivity contribution in [3.63, 3.8) is 0 Å². The van der Waals surface area contributed by atoms with Crippen molar-refractivity contribution >= 4 is 6.03 Å². The molecule has 150 valence electrons. The summed E-state index contributed by atoms with van der Waals surface area (Å²) in [6, 6.07) is 11.3. The monoisotopic (exact) mass is 386 g/mol. The fourth-order valence-electron chi connectivity index (χ4n) is 3.23. The van der Waals surface area contributed by atoms with E-state index in [9.17, 15) is 4.79 Å². The highest BCUT2D eigenvalue weighted by molar-refractivity contribution is 5.74. The Morgan fingerprint density at radius 3 is 2.29 bits per heavy atom. The summed E-state index contributed by atoms with van der Waals surface area (Å²) in [7, 11) is 4.84. The van der Waals surface area contributed by atoms with E-state index in [-0.39, 0.29) is 6.03 Å². The molecule has 0 unspecified atom stereocenters. The van der Waals surface area contributed by atoms with Crippen LogP contribution in [0.1, 0.15) is 11.1 Å². The first-order valence-electron chi connectivity index (χ1n) is 9.18. The molecule has 28 heavy (non-hydrogen) atoms. The summed E-state index contributed by atoms with van der Waals surface area (Å²) in [5, 5.41) is 2.91. The van der Waals surface area contributed by atoms with E-state index >= 15 is 0 Å². The van der Waals surface area contributed by atoms with E-state index in [1.165, 1.54) is 5.56 Å². The molecule has 0 fully saturated rings. The highest BCUT2D eigenvalue weighted by Crippen LogP contribution is 2.33. The number of benzene rings is 2. The first-order valence-corrected chi connectivity index (χ1v) is 9.18. The molecule has 7 nitrogen and oxygen atoms in total. The van der Waals surface area contributed by atoms with Crippen LogP contribution < -0.4 is 24.3 Å². The van der Waals surface area contributed by atoms with Crippen LogP contribution in [0, 0.1) is 0 Å². The maximum absolute atomic E-state index is 12.5. The summed E-state index contributed by atoms with van der Waals surface area (Å²) >= 11 is 0. The number of amides is 2. The highest BCUT2D eigenvalue weighted by atomic mass is 16.5. The zero-order valence-electron chi connectivity index (χ0n) is 16.5. The number of nitrogens with one attached hydrogen (secondary N) is 1. The summed E-state index contributed by atoms with van der Waals surface area (Å²) in [6.07, 6.45) is 0.779. The number of carbonyl (C=O) groups excluding carboxylic acids is 1. The van der Waals surface area contributed by atoms with Gasteiger partial charge in [-0.2, -0.15) is 0 Å². The smallest absolute Gasteiger partial charge is 0.317 e. The van der Waals surface area contributed by atoms with Crippen LogP contribution in [-0.4, -0.2) is 52.0 Å². The molecule has 0 aromatic heterocycles. The van der Waals surface area contributed by atoms with Crippen molar-refractivity contribution < 1.29 is 23.7 Å². The van der Waals surface area contributed by atoms with E-state index in [0.29, 0.717) is 49.2 Å². The Kier molecular flexibility index (Phi) is 6.47. The van der Waals surface area contributed by atoms with Crippen molar-refractivity contribution in [1.82, 2.24) is 10.2 Å². The van der Waals surface area contributed by atoms with Gasteiger partial charge in [-0.1, -0.05) is 12.1 Å². The van der Waals surface area contributed by atoms with Gasteiger partial charge in [-0.3, -0.25) is 0 Å². The number of para-hydroxylation sites is 2. The lowest BCUT2D eigenvalue weighted by Crippen LogP contribution is -2.43. The van der Waals surface area contributed by atoms with E-state index in [2.05, 4.69) is 5.32 Å². The summed E-state index contributed by atoms with van der Waals surface area (Å²) < 4.78 is 21.7. The highest BCUT2D eigenvalue weighted by Gasteiger charge is 2.22. The van der Waals surface area contributed by atoms with E-state index in [1.807, 2.05) is 36.4 Å². The molecule has 2 amide bonds. The second kappa shape index (κ2) is 9.21. The minimum atomic E-state index is -0.107. The van der Waals surface area contributed by atoms with Gasteiger partial charge >= 0.3 is 6.03 Å². The molecular weight excluding hydrogens is 360 g/mol. The quantitative estimate of drug-likeness (QED) is 0.741. The number of methoxy groups -OCH3 is 3. The summed E-state index contributed by atoms with van der Waals surface area (Å²) in [6.45, 7) is 1.96. The van der Waals surface area contributed by atoms with E-state index in [1.54, 1.807) is 26.2 Å².